The number of carboxylic acid groups (broad SMARTS) is 1. The van der Waals surface area contributed by atoms with E-state index in [1.165, 1.54) is 6.20 Å². The lowest BCUT2D eigenvalue weighted by Gasteiger charge is -2.19. The molecule has 1 atom stereocenters. The fraction of sp³-hybridized carbons (Fsp3) is 0.533. The first-order valence-corrected chi connectivity index (χ1v) is 7.42. The van der Waals surface area contributed by atoms with Crippen molar-refractivity contribution in [3.8, 4) is 5.88 Å². The molecular formula is C15H19N3O4. The van der Waals surface area contributed by atoms with Gasteiger partial charge in [-0.1, -0.05) is 0 Å². The lowest BCUT2D eigenvalue weighted by atomic mass is 9.99. The standard InChI is InChI=1S/C15H19N3O4/c1-9(2)22-13-11(14(19)20)6-18-7-12(16-15(18)17-13)10-4-3-5-21-8-10/h6-7,9-10H,3-5,8H2,1-2H3,(H,19,20). The van der Waals surface area contributed by atoms with Gasteiger partial charge >= 0.3 is 5.97 Å². The van der Waals surface area contributed by atoms with Crippen LogP contribution in [0.25, 0.3) is 5.78 Å². The molecule has 1 fully saturated rings. The van der Waals surface area contributed by atoms with Crippen LogP contribution in [0.3, 0.4) is 0 Å². The second kappa shape index (κ2) is 5.92. The van der Waals surface area contributed by atoms with Crippen molar-refractivity contribution in [3.05, 3.63) is 23.7 Å². The van der Waals surface area contributed by atoms with Gasteiger partial charge in [0.2, 0.25) is 11.7 Å². The van der Waals surface area contributed by atoms with Crippen LogP contribution >= 0.6 is 0 Å². The first-order valence-electron chi connectivity index (χ1n) is 7.42. The highest BCUT2D eigenvalue weighted by atomic mass is 16.5. The van der Waals surface area contributed by atoms with E-state index in [0.717, 1.165) is 25.1 Å². The van der Waals surface area contributed by atoms with E-state index in [-0.39, 0.29) is 23.5 Å². The summed E-state index contributed by atoms with van der Waals surface area (Å²) in [6, 6.07) is 0. The Hall–Kier alpha value is -2.15. The Labute approximate surface area is 127 Å². The molecule has 118 valence electrons. The highest BCUT2D eigenvalue weighted by Gasteiger charge is 2.22. The summed E-state index contributed by atoms with van der Waals surface area (Å²) >= 11 is 0. The zero-order valence-electron chi connectivity index (χ0n) is 12.7. The van der Waals surface area contributed by atoms with Crippen molar-refractivity contribution in [3.63, 3.8) is 0 Å². The minimum absolute atomic E-state index is 0.0324. The Morgan fingerprint density at radius 3 is 2.91 bits per heavy atom. The van der Waals surface area contributed by atoms with Crippen LogP contribution in [-0.4, -0.2) is 44.8 Å². The van der Waals surface area contributed by atoms with Crippen molar-refractivity contribution < 1.29 is 19.4 Å². The smallest absolute Gasteiger partial charge is 0.342 e. The van der Waals surface area contributed by atoms with Crippen molar-refractivity contribution in [2.24, 2.45) is 0 Å². The molecule has 0 amide bonds. The SMILES string of the molecule is CC(C)Oc1nc2nc(C3CCCOC3)cn2cc1C(=O)O. The molecule has 0 radical (unpaired) electrons. The zero-order valence-corrected chi connectivity index (χ0v) is 12.7. The van der Waals surface area contributed by atoms with Crippen LogP contribution in [0.2, 0.25) is 0 Å². The minimum Gasteiger partial charge on any atom is -0.477 e. The maximum Gasteiger partial charge on any atom is 0.342 e. The van der Waals surface area contributed by atoms with Gasteiger partial charge in [-0.3, -0.25) is 4.40 Å². The molecule has 0 aliphatic carbocycles. The van der Waals surface area contributed by atoms with Gasteiger partial charge in [0.25, 0.3) is 0 Å². The number of carbonyl (C=O) groups is 1. The average Bonchev–Trinajstić information content (AvgIpc) is 2.89. The molecule has 0 aromatic carbocycles. The summed E-state index contributed by atoms with van der Waals surface area (Å²) in [5.41, 5.74) is 0.912. The Kier molecular flexibility index (Phi) is 3.98. The van der Waals surface area contributed by atoms with Gasteiger partial charge in [0.15, 0.2) is 0 Å². The number of hydrogen-bond acceptors (Lipinski definition) is 5. The van der Waals surface area contributed by atoms with Gasteiger partial charge in [0, 0.05) is 24.9 Å². The molecule has 1 aliphatic rings. The Morgan fingerprint density at radius 2 is 2.27 bits per heavy atom. The van der Waals surface area contributed by atoms with Crippen molar-refractivity contribution in [2.75, 3.05) is 13.2 Å². The number of ether oxygens (including phenoxy) is 2. The molecule has 7 nitrogen and oxygen atoms in total. The van der Waals surface area contributed by atoms with Crippen LogP contribution < -0.4 is 4.74 Å². The second-order valence-electron chi connectivity index (χ2n) is 5.72. The van der Waals surface area contributed by atoms with Crippen molar-refractivity contribution in [1.82, 2.24) is 14.4 Å². The molecule has 2 aromatic heterocycles. The number of imidazole rings is 1. The summed E-state index contributed by atoms with van der Waals surface area (Å²) in [5, 5.41) is 9.32. The quantitative estimate of drug-likeness (QED) is 0.931. The monoisotopic (exact) mass is 305 g/mol. The topological polar surface area (TPSA) is 86.0 Å². The molecule has 7 heteroatoms. The molecule has 1 unspecified atom stereocenters. The zero-order chi connectivity index (χ0) is 15.7. The summed E-state index contributed by atoms with van der Waals surface area (Å²) in [6.07, 6.45) is 5.20. The summed E-state index contributed by atoms with van der Waals surface area (Å²) < 4.78 is 12.6. The number of aromatic carboxylic acids is 1. The van der Waals surface area contributed by atoms with Crippen LogP contribution in [0, 0.1) is 0 Å². The lowest BCUT2D eigenvalue weighted by molar-refractivity contribution is 0.0688. The van der Waals surface area contributed by atoms with E-state index in [9.17, 15) is 9.90 Å². The number of rotatable bonds is 4. The van der Waals surface area contributed by atoms with Crippen molar-refractivity contribution in [1.29, 1.82) is 0 Å². The number of nitrogens with zero attached hydrogens (tertiary/aromatic N) is 3. The third kappa shape index (κ3) is 2.89. The minimum atomic E-state index is -1.07. The molecule has 1 N–H and O–H groups in total. The first-order chi connectivity index (χ1) is 10.5. The average molecular weight is 305 g/mol. The summed E-state index contributed by atoms with van der Waals surface area (Å²) in [7, 11) is 0. The summed E-state index contributed by atoms with van der Waals surface area (Å²) in [5.74, 6) is -0.284. The fourth-order valence-electron chi connectivity index (χ4n) is 2.56. The molecule has 0 spiro atoms. The van der Waals surface area contributed by atoms with Gasteiger partial charge in [-0.05, 0) is 26.7 Å². The van der Waals surface area contributed by atoms with Crippen LogP contribution in [-0.2, 0) is 4.74 Å². The number of hydrogen-bond donors (Lipinski definition) is 1. The molecule has 1 saturated heterocycles. The van der Waals surface area contributed by atoms with Crippen molar-refractivity contribution >= 4 is 11.7 Å². The molecule has 0 saturated carbocycles. The number of carboxylic acids is 1. The molecule has 1 aliphatic heterocycles. The van der Waals surface area contributed by atoms with Crippen LogP contribution in [0.1, 0.15) is 48.7 Å². The molecular weight excluding hydrogens is 286 g/mol. The van der Waals surface area contributed by atoms with Gasteiger partial charge in [-0.15, -0.1) is 0 Å². The van der Waals surface area contributed by atoms with E-state index in [0.29, 0.717) is 12.4 Å². The Balaban J connectivity index is 2.01. The summed E-state index contributed by atoms with van der Waals surface area (Å²) in [4.78, 5) is 20.1. The predicted molar refractivity (Wildman–Crippen MR) is 78.5 cm³/mol. The normalized spacial score (nSPS) is 18.8. The van der Waals surface area contributed by atoms with Crippen molar-refractivity contribution in [2.45, 2.75) is 38.7 Å². The largest absolute Gasteiger partial charge is 0.477 e. The molecule has 3 rings (SSSR count). The maximum absolute atomic E-state index is 11.4. The van der Waals surface area contributed by atoms with Crippen LogP contribution in [0.5, 0.6) is 5.88 Å². The van der Waals surface area contributed by atoms with Crippen LogP contribution in [0.15, 0.2) is 12.4 Å². The van der Waals surface area contributed by atoms with Gasteiger partial charge in [-0.2, -0.15) is 4.98 Å². The van der Waals surface area contributed by atoms with Gasteiger partial charge in [0.1, 0.15) is 5.56 Å². The first kappa shape index (κ1) is 14.8. The van der Waals surface area contributed by atoms with Gasteiger partial charge < -0.3 is 14.6 Å². The summed E-state index contributed by atoms with van der Waals surface area (Å²) in [6.45, 7) is 5.09. The van der Waals surface area contributed by atoms with E-state index in [4.69, 9.17) is 9.47 Å². The van der Waals surface area contributed by atoms with E-state index in [1.807, 2.05) is 20.0 Å². The van der Waals surface area contributed by atoms with Gasteiger partial charge in [0.05, 0.1) is 18.4 Å². The Bertz CT molecular complexity index is 689. The lowest BCUT2D eigenvalue weighted by Crippen LogP contribution is -2.15. The van der Waals surface area contributed by atoms with E-state index < -0.39 is 5.97 Å². The molecule has 0 bridgehead atoms. The third-order valence-corrected chi connectivity index (χ3v) is 3.59. The maximum atomic E-state index is 11.4. The van der Waals surface area contributed by atoms with E-state index in [1.54, 1.807) is 4.40 Å². The van der Waals surface area contributed by atoms with E-state index in [2.05, 4.69) is 9.97 Å². The number of aromatic nitrogens is 3. The van der Waals surface area contributed by atoms with Crippen LogP contribution in [0.4, 0.5) is 0 Å². The second-order valence-corrected chi connectivity index (χ2v) is 5.72. The molecule has 3 heterocycles. The van der Waals surface area contributed by atoms with Gasteiger partial charge in [-0.25, -0.2) is 9.78 Å². The van der Waals surface area contributed by atoms with E-state index >= 15 is 0 Å². The fourth-order valence-corrected chi connectivity index (χ4v) is 2.56. The third-order valence-electron chi connectivity index (χ3n) is 3.59. The highest BCUT2D eigenvalue weighted by molar-refractivity contribution is 5.90. The number of fused-ring (bicyclic) bond motifs is 1. The molecule has 2 aromatic rings. The highest BCUT2D eigenvalue weighted by Crippen LogP contribution is 2.26. The molecule has 22 heavy (non-hydrogen) atoms. The predicted octanol–water partition coefficient (Wildman–Crippen LogP) is 2.11. The Morgan fingerprint density at radius 1 is 1.45 bits per heavy atom.